The van der Waals surface area contributed by atoms with Crippen molar-refractivity contribution in [2.24, 2.45) is 0 Å². The molecule has 0 spiro atoms. The van der Waals surface area contributed by atoms with E-state index in [9.17, 15) is 0 Å². The first-order valence-corrected chi connectivity index (χ1v) is 12.0. The molecule has 0 radical (unpaired) electrons. The SMILES string of the molecule is COCC1(n2c(NSC(C)C(OC)c3ncc(Cl)cn3)nnc2-c2noc3ccccc23)CC1. The van der Waals surface area contributed by atoms with Crippen LogP contribution >= 0.6 is 23.5 Å². The fourth-order valence-electron chi connectivity index (χ4n) is 4.03. The molecular weight excluding hydrogens is 478 g/mol. The first kappa shape index (κ1) is 23.0. The highest BCUT2D eigenvalue weighted by Crippen LogP contribution is 2.48. The Kier molecular flexibility index (Phi) is 6.43. The van der Waals surface area contributed by atoms with Gasteiger partial charge in [0.05, 0.1) is 27.8 Å². The number of para-hydroxylation sites is 1. The lowest BCUT2D eigenvalue weighted by Crippen LogP contribution is -2.26. The van der Waals surface area contributed by atoms with Crippen LogP contribution in [-0.4, -0.2) is 56.0 Å². The molecule has 0 bridgehead atoms. The molecule has 1 N–H and O–H groups in total. The van der Waals surface area contributed by atoms with Gasteiger partial charge in [-0.2, -0.15) is 0 Å². The van der Waals surface area contributed by atoms with Crippen LogP contribution in [0.4, 0.5) is 5.95 Å². The maximum absolute atomic E-state index is 5.93. The zero-order valence-electron chi connectivity index (χ0n) is 18.9. The first-order valence-electron chi connectivity index (χ1n) is 10.8. The van der Waals surface area contributed by atoms with Gasteiger partial charge < -0.3 is 14.0 Å². The first-order chi connectivity index (χ1) is 16.6. The van der Waals surface area contributed by atoms with Crippen LogP contribution in [-0.2, 0) is 15.0 Å². The van der Waals surface area contributed by atoms with Crippen LogP contribution in [0.25, 0.3) is 22.5 Å². The molecule has 2 atom stereocenters. The lowest BCUT2D eigenvalue weighted by molar-refractivity contribution is 0.0972. The highest BCUT2D eigenvalue weighted by molar-refractivity contribution is 8.01. The van der Waals surface area contributed by atoms with E-state index in [1.807, 2.05) is 31.2 Å². The molecule has 3 aromatic heterocycles. The minimum Gasteiger partial charge on any atom is -0.382 e. The molecule has 178 valence electrons. The summed E-state index contributed by atoms with van der Waals surface area (Å²) in [4.78, 5) is 8.61. The number of ether oxygens (including phenoxy) is 2. The van der Waals surface area contributed by atoms with Crippen LogP contribution in [0.2, 0.25) is 5.02 Å². The molecule has 0 aliphatic heterocycles. The molecule has 5 rings (SSSR count). The Morgan fingerprint density at radius 3 is 2.68 bits per heavy atom. The zero-order chi connectivity index (χ0) is 23.7. The highest BCUT2D eigenvalue weighted by Gasteiger charge is 2.48. The standard InChI is InChI=1S/C22H24ClN7O3S/c1-13(18(32-3)19-24-10-14(23)11-25-19)34-29-21-27-26-20(30(21)22(8-9-22)12-31-2)17-15-6-4-5-7-16(15)33-28-17/h4-7,10-11,13,18H,8-9,12H2,1-3H3,(H,27,29). The van der Waals surface area contributed by atoms with Crippen molar-refractivity contribution in [3.05, 3.63) is 47.5 Å². The Hall–Kier alpha value is -2.73. The highest BCUT2D eigenvalue weighted by atomic mass is 35.5. The fraction of sp³-hybridized carbons (Fsp3) is 0.409. The molecule has 1 saturated carbocycles. The summed E-state index contributed by atoms with van der Waals surface area (Å²) in [6.45, 7) is 2.57. The van der Waals surface area contributed by atoms with E-state index in [4.69, 9.17) is 25.6 Å². The molecule has 34 heavy (non-hydrogen) atoms. The largest absolute Gasteiger partial charge is 0.382 e. The Labute approximate surface area is 205 Å². The zero-order valence-corrected chi connectivity index (χ0v) is 20.5. The van der Waals surface area contributed by atoms with Gasteiger partial charge in [0.1, 0.15) is 6.10 Å². The third-order valence-corrected chi connectivity index (χ3v) is 6.99. The minimum atomic E-state index is -0.348. The molecule has 1 aromatic carbocycles. The monoisotopic (exact) mass is 501 g/mol. The summed E-state index contributed by atoms with van der Waals surface area (Å²) < 4.78 is 22.2. The van der Waals surface area contributed by atoms with Crippen molar-refractivity contribution in [1.82, 2.24) is 29.9 Å². The van der Waals surface area contributed by atoms with E-state index in [-0.39, 0.29) is 16.9 Å². The van der Waals surface area contributed by atoms with Crippen LogP contribution in [0.15, 0.2) is 41.2 Å². The van der Waals surface area contributed by atoms with Crippen LogP contribution < -0.4 is 4.72 Å². The molecule has 1 aliphatic carbocycles. The van der Waals surface area contributed by atoms with Gasteiger partial charge in [-0.3, -0.25) is 9.29 Å². The van der Waals surface area contributed by atoms with E-state index in [0.717, 1.165) is 18.2 Å². The molecule has 12 heteroatoms. The Morgan fingerprint density at radius 2 is 1.97 bits per heavy atom. The van der Waals surface area contributed by atoms with Crippen molar-refractivity contribution in [2.75, 3.05) is 25.5 Å². The van der Waals surface area contributed by atoms with Crippen LogP contribution in [0.1, 0.15) is 31.7 Å². The van der Waals surface area contributed by atoms with E-state index >= 15 is 0 Å². The summed E-state index contributed by atoms with van der Waals surface area (Å²) in [5.41, 5.74) is 1.12. The van der Waals surface area contributed by atoms with Crippen molar-refractivity contribution in [3.63, 3.8) is 0 Å². The van der Waals surface area contributed by atoms with Crippen molar-refractivity contribution in [3.8, 4) is 11.5 Å². The average Bonchev–Trinajstić information content (AvgIpc) is 3.30. The second-order valence-corrected chi connectivity index (χ2v) is 9.83. The van der Waals surface area contributed by atoms with Crippen LogP contribution in [0.3, 0.4) is 0 Å². The maximum Gasteiger partial charge on any atom is 0.235 e. The van der Waals surface area contributed by atoms with E-state index in [1.54, 1.807) is 26.6 Å². The third-order valence-electron chi connectivity index (χ3n) is 5.88. The van der Waals surface area contributed by atoms with Crippen molar-refractivity contribution in [2.45, 2.75) is 36.7 Å². The summed E-state index contributed by atoms with van der Waals surface area (Å²) in [5, 5.41) is 14.6. The van der Waals surface area contributed by atoms with E-state index in [0.29, 0.717) is 40.5 Å². The number of methoxy groups -OCH3 is 2. The molecule has 0 saturated heterocycles. The van der Waals surface area contributed by atoms with Crippen molar-refractivity contribution >= 4 is 40.5 Å². The molecule has 0 amide bonds. The van der Waals surface area contributed by atoms with E-state index in [2.05, 4.69) is 34.6 Å². The number of halogens is 1. The topological polar surface area (TPSA) is 113 Å². The van der Waals surface area contributed by atoms with Crippen molar-refractivity contribution < 1.29 is 14.0 Å². The number of rotatable bonds is 10. The second-order valence-electron chi connectivity index (χ2n) is 8.21. The van der Waals surface area contributed by atoms with Gasteiger partial charge in [0.25, 0.3) is 0 Å². The number of anilines is 1. The number of nitrogens with one attached hydrogen (secondary N) is 1. The van der Waals surface area contributed by atoms with E-state index < -0.39 is 0 Å². The summed E-state index contributed by atoms with van der Waals surface area (Å²) in [7, 11) is 3.34. The van der Waals surface area contributed by atoms with E-state index in [1.165, 1.54) is 11.9 Å². The predicted octanol–water partition coefficient (Wildman–Crippen LogP) is 4.50. The van der Waals surface area contributed by atoms with Gasteiger partial charge in [-0.25, -0.2) is 9.97 Å². The molecule has 4 aromatic rings. The number of nitrogens with zero attached hydrogens (tertiary/aromatic N) is 6. The van der Waals surface area contributed by atoms with Crippen molar-refractivity contribution in [1.29, 1.82) is 0 Å². The quantitative estimate of drug-likeness (QED) is 0.311. The molecule has 3 heterocycles. The fourth-order valence-corrected chi connectivity index (χ4v) is 4.91. The predicted molar refractivity (Wildman–Crippen MR) is 130 cm³/mol. The summed E-state index contributed by atoms with van der Waals surface area (Å²) in [6, 6.07) is 7.72. The van der Waals surface area contributed by atoms with Gasteiger partial charge >= 0.3 is 0 Å². The summed E-state index contributed by atoms with van der Waals surface area (Å²) >= 11 is 7.39. The Morgan fingerprint density at radius 1 is 1.21 bits per heavy atom. The Balaban J connectivity index is 1.44. The van der Waals surface area contributed by atoms with Crippen LogP contribution in [0, 0.1) is 0 Å². The molecule has 1 aliphatic rings. The maximum atomic E-state index is 5.93. The lowest BCUT2D eigenvalue weighted by Gasteiger charge is -2.23. The van der Waals surface area contributed by atoms with Gasteiger partial charge in [-0.1, -0.05) is 28.9 Å². The third kappa shape index (κ3) is 4.24. The van der Waals surface area contributed by atoms with Gasteiger partial charge in [-0.05, 0) is 43.8 Å². The van der Waals surface area contributed by atoms with Crippen LogP contribution in [0.5, 0.6) is 0 Å². The molecule has 1 fully saturated rings. The van der Waals surface area contributed by atoms with Gasteiger partial charge in [0, 0.05) is 26.6 Å². The summed E-state index contributed by atoms with van der Waals surface area (Å²) in [6.07, 6.45) is 4.69. The number of fused-ring (bicyclic) bond motifs is 1. The second kappa shape index (κ2) is 9.49. The van der Waals surface area contributed by atoms with Gasteiger partial charge in [-0.15, -0.1) is 10.2 Å². The lowest BCUT2D eigenvalue weighted by atomic mass is 10.2. The van der Waals surface area contributed by atoms with Gasteiger partial charge in [0.2, 0.25) is 5.95 Å². The molecule has 2 unspecified atom stereocenters. The summed E-state index contributed by atoms with van der Waals surface area (Å²) in [5.74, 6) is 1.81. The molecular formula is C22H24ClN7O3S. The number of benzene rings is 1. The number of hydrogen-bond donors (Lipinski definition) is 1. The van der Waals surface area contributed by atoms with Gasteiger partial charge in [0.15, 0.2) is 22.9 Å². The molecule has 10 nitrogen and oxygen atoms in total. The normalized spacial score (nSPS) is 16.5. The Bertz CT molecular complexity index is 1280. The average molecular weight is 502 g/mol. The minimum absolute atomic E-state index is 0.0507. The number of aromatic nitrogens is 6. The number of hydrogen-bond acceptors (Lipinski definition) is 10. The smallest absolute Gasteiger partial charge is 0.235 e.